The van der Waals surface area contributed by atoms with Crippen LogP contribution >= 0.6 is 11.6 Å². The number of hydrogen-bond acceptors (Lipinski definition) is 3. The number of halogens is 1. The summed E-state index contributed by atoms with van der Waals surface area (Å²) in [6.07, 6.45) is 0. The topological polar surface area (TPSA) is 38.7 Å². The average molecular weight is 234 g/mol. The van der Waals surface area contributed by atoms with Gasteiger partial charge in [-0.2, -0.15) is 0 Å². The predicted molar refractivity (Wildman–Crippen MR) is 64.5 cm³/mol. The number of rotatable bonds is 1. The molecule has 0 aliphatic rings. The van der Waals surface area contributed by atoms with E-state index in [9.17, 15) is 0 Å². The molecule has 0 amide bonds. The Morgan fingerprint density at radius 1 is 1.06 bits per heavy atom. The third-order valence-electron chi connectivity index (χ3n) is 2.40. The summed E-state index contributed by atoms with van der Waals surface area (Å²) in [5.41, 5.74) is 3.92. The lowest BCUT2D eigenvalue weighted by atomic mass is 10.0. The highest BCUT2D eigenvalue weighted by Gasteiger charge is 2.10. The van der Waals surface area contributed by atoms with Gasteiger partial charge in [0.1, 0.15) is 11.5 Å². The summed E-state index contributed by atoms with van der Waals surface area (Å²) in [5, 5.41) is 8.45. The summed E-state index contributed by atoms with van der Waals surface area (Å²) in [7, 11) is 0. The first-order valence-corrected chi connectivity index (χ1v) is 5.40. The fourth-order valence-electron chi connectivity index (χ4n) is 1.54. The van der Waals surface area contributed by atoms with Crippen molar-refractivity contribution in [2.75, 3.05) is 0 Å². The van der Waals surface area contributed by atoms with Gasteiger partial charge < -0.3 is 0 Å². The molecule has 0 aliphatic carbocycles. The van der Waals surface area contributed by atoms with E-state index in [1.165, 1.54) is 5.56 Å². The van der Waals surface area contributed by atoms with Gasteiger partial charge in [0.2, 0.25) is 0 Å². The molecule has 16 heavy (non-hydrogen) atoms. The van der Waals surface area contributed by atoms with Crippen molar-refractivity contribution in [3.8, 4) is 11.3 Å². The summed E-state index contributed by atoms with van der Waals surface area (Å²) >= 11 is 6.07. The van der Waals surface area contributed by atoms with Gasteiger partial charge in [0.05, 0.1) is 0 Å². The maximum absolute atomic E-state index is 6.07. The second-order valence-electron chi connectivity index (χ2n) is 3.82. The lowest BCUT2D eigenvalue weighted by Gasteiger charge is -2.07. The highest BCUT2D eigenvalue weighted by Crippen LogP contribution is 2.27. The molecule has 4 heteroatoms. The van der Waals surface area contributed by atoms with Gasteiger partial charge in [-0.3, -0.25) is 0 Å². The molecule has 0 bridgehead atoms. The first kappa shape index (κ1) is 11.0. The maximum atomic E-state index is 6.07. The first-order valence-electron chi connectivity index (χ1n) is 5.02. The van der Waals surface area contributed by atoms with E-state index >= 15 is 0 Å². The zero-order valence-corrected chi connectivity index (χ0v) is 10.2. The second-order valence-corrected chi connectivity index (χ2v) is 4.17. The Kier molecular flexibility index (Phi) is 2.88. The van der Waals surface area contributed by atoms with Crippen LogP contribution in [0.25, 0.3) is 11.3 Å². The Balaban J connectivity index is 2.62. The second kappa shape index (κ2) is 4.18. The van der Waals surface area contributed by atoms with Crippen molar-refractivity contribution in [2.24, 2.45) is 0 Å². The number of benzene rings is 1. The van der Waals surface area contributed by atoms with E-state index in [-0.39, 0.29) is 0 Å². The van der Waals surface area contributed by atoms with Gasteiger partial charge in [-0.25, -0.2) is 4.98 Å². The fraction of sp³-hybridized carbons (Fsp3) is 0.250. The van der Waals surface area contributed by atoms with Crippen molar-refractivity contribution in [3.05, 3.63) is 40.3 Å². The molecule has 3 nitrogen and oxygen atoms in total. The minimum Gasteiger partial charge on any atom is -0.217 e. The summed E-state index contributed by atoms with van der Waals surface area (Å²) in [6, 6.07) is 6.15. The summed E-state index contributed by atoms with van der Waals surface area (Å²) in [6.45, 7) is 5.82. The van der Waals surface area contributed by atoms with Gasteiger partial charge in [0.15, 0.2) is 5.15 Å². The van der Waals surface area contributed by atoms with Crippen LogP contribution < -0.4 is 0 Å². The monoisotopic (exact) mass is 233 g/mol. The van der Waals surface area contributed by atoms with Gasteiger partial charge in [0.25, 0.3) is 0 Å². The van der Waals surface area contributed by atoms with Gasteiger partial charge in [0, 0.05) is 5.56 Å². The minimum atomic E-state index is 0.404. The van der Waals surface area contributed by atoms with Crippen molar-refractivity contribution >= 4 is 11.6 Å². The average Bonchev–Trinajstić information content (AvgIpc) is 2.22. The van der Waals surface area contributed by atoms with E-state index in [2.05, 4.69) is 21.2 Å². The summed E-state index contributed by atoms with van der Waals surface area (Å²) in [4.78, 5) is 4.11. The molecule has 82 valence electrons. The van der Waals surface area contributed by atoms with Crippen molar-refractivity contribution in [3.63, 3.8) is 0 Å². The zero-order valence-electron chi connectivity index (χ0n) is 9.45. The molecule has 0 N–H and O–H groups in total. The molecule has 0 radical (unpaired) electrons. The quantitative estimate of drug-likeness (QED) is 0.760. The fourth-order valence-corrected chi connectivity index (χ4v) is 1.80. The van der Waals surface area contributed by atoms with Crippen molar-refractivity contribution in [1.82, 2.24) is 15.2 Å². The van der Waals surface area contributed by atoms with E-state index in [0.29, 0.717) is 16.7 Å². The Morgan fingerprint density at radius 2 is 1.81 bits per heavy atom. The van der Waals surface area contributed by atoms with Crippen LogP contribution in [0.5, 0.6) is 0 Å². The number of nitrogens with zero attached hydrogens (tertiary/aromatic N) is 3. The molecule has 2 aromatic rings. The third kappa shape index (κ3) is 2.04. The standard InChI is InChI=1S/C12H12ClN3/c1-7-4-5-8(2)10(6-7)11-12(13)14-9(3)15-16-11/h4-6H,1-3H3. The SMILES string of the molecule is Cc1ccc(C)c(-c2nnc(C)nc2Cl)c1. The molecule has 0 spiro atoms. The smallest absolute Gasteiger partial charge is 0.159 e. The summed E-state index contributed by atoms with van der Waals surface area (Å²) in [5.74, 6) is 0.582. The third-order valence-corrected chi connectivity index (χ3v) is 2.66. The Bertz CT molecular complexity index is 538. The van der Waals surface area contributed by atoms with Gasteiger partial charge >= 0.3 is 0 Å². The Labute approximate surface area is 99.5 Å². The molecule has 2 rings (SSSR count). The molecule has 1 heterocycles. The normalized spacial score (nSPS) is 10.5. The van der Waals surface area contributed by atoms with Crippen LogP contribution in [0.15, 0.2) is 18.2 Å². The van der Waals surface area contributed by atoms with Gasteiger partial charge in [-0.05, 0) is 32.4 Å². The van der Waals surface area contributed by atoms with E-state index < -0.39 is 0 Å². The molecule has 1 aromatic carbocycles. The highest BCUT2D eigenvalue weighted by molar-refractivity contribution is 6.31. The predicted octanol–water partition coefficient (Wildman–Crippen LogP) is 3.12. The van der Waals surface area contributed by atoms with Crippen LogP contribution in [-0.4, -0.2) is 15.2 Å². The van der Waals surface area contributed by atoms with E-state index in [1.54, 1.807) is 6.92 Å². The lowest BCUT2D eigenvalue weighted by Crippen LogP contribution is -1.97. The largest absolute Gasteiger partial charge is 0.217 e. The molecular weight excluding hydrogens is 222 g/mol. The summed E-state index contributed by atoms with van der Waals surface area (Å²) < 4.78 is 0. The minimum absolute atomic E-state index is 0.404. The van der Waals surface area contributed by atoms with Gasteiger partial charge in [-0.1, -0.05) is 29.3 Å². The van der Waals surface area contributed by atoms with Crippen molar-refractivity contribution < 1.29 is 0 Å². The molecule has 0 saturated heterocycles. The van der Waals surface area contributed by atoms with Crippen molar-refractivity contribution in [1.29, 1.82) is 0 Å². The molecule has 0 fully saturated rings. The maximum Gasteiger partial charge on any atom is 0.159 e. The first-order chi connectivity index (χ1) is 7.58. The molecule has 1 aromatic heterocycles. The molecule has 0 aliphatic heterocycles. The number of aryl methyl sites for hydroxylation is 3. The van der Waals surface area contributed by atoms with Crippen LogP contribution in [0.1, 0.15) is 17.0 Å². The zero-order chi connectivity index (χ0) is 11.7. The van der Waals surface area contributed by atoms with Crippen LogP contribution in [0, 0.1) is 20.8 Å². The molecular formula is C12H12ClN3. The number of hydrogen-bond donors (Lipinski definition) is 0. The highest BCUT2D eigenvalue weighted by atomic mass is 35.5. The molecule has 0 atom stereocenters. The Hall–Kier alpha value is -1.48. The lowest BCUT2D eigenvalue weighted by molar-refractivity contribution is 0.913. The number of aromatic nitrogens is 3. The van der Waals surface area contributed by atoms with E-state index in [0.717, 1.165) is 11.1 Å². The van der Waals surface area contributed by atoms with Crippen LogP contribution in [-0.2, 0) is 0 Å². The van der Waals surface area contributed by atoms with Gasteiger partial charge in [-0.15, -0.1) is 10.2 Å². The van der Waals surface area contributed by atoms with Crippen LogP contribution in [0.3, 0.4) is 0 Å². The Morgan fingerprint density at radius 3 is 2.50 bits per heavy atom. The molecule has 0 unspecified atom stereocenters. The van der Waals surface area contributed by atoms with E-state index in [4.69, 9.17) is 11.6 Å². The van der Waals surface area contributed by atoms with Crippen molar-refractivity contribution in [2.45, 2.75) is 20.8 Å². The van der Waals surface area contributed by atoms with Crippen LogP contribution in [0.2, 0.25) is 5.15 Å². The van der Waals surface area contributed by atoms with Crippen LogP contribution in [0.4, 0.5) is 0 Å². The molecule has 0 saturated carbocycles. The van der Waals surface area contributed by atoms with E-state index in [1.807, 2.05) is 26.0 Å².